The Morgan fingerprint density at radius 3 is 2.40 bits per heavy atom. The molecule has 0 aliphatic carbocycles. The van der Waals surface area contributed by atoms with E-state index in [2.05, 4.69) is 15.3 Å². The summed E-state index contributed by atoms with van der Waals surface area (Å²) in [5.41, 5.74) is 6.86. The van der Waals surface area contributed by atoms with Crippen LogP contribution in [0, 0.1) is 0 Å². The van der Waals surface area contributed by atoms with E-state index in [4.69, 9.17) is 5.73 Å². The molecule has 3 N–H and O–H groups in total. The number of nitrogens with one attached hydrogen (secondary N) is 1. The fourth-order valence-corrected chi connectivity index (χ4v) is 2.65. The minimum Gasteiger partial charge on any atom is -0.383 e. The van der Waals surface area contributed by atoms with E-state index in [9.17, 15) is 9.59 Å². The Morgan fingerprint density at radius 1 is 1.12 bits per heavy atom. The first-order chi connectivity index (χ1) is 12.0. The lowest BCUT2D eigenvalue weighted by Crippen LogP contribution is -2.48. The molecule has 1 saturated heterocycles. The van der Waals surface area contributed by atoms with Crippen LogP contribution in [0.1, 0.15) is 17.3 Å². The first-order valence-electron chi connectivity index (χ1n) is 8.04. The van der Waals surface area contributed by atoms with Crippen molar-refractivity contribution < 1.29 is 9.59 Å². The van der Waals surface area contributed by atoms with Crippen LogP contribution in [0.5, 0.6) is 0 Å². The molecule has 3 rings (SSSR count). The summed E-state index contributed by atoms with van der Waals surface area (Å²) < 4.78 is 0. The van der Waals surface area contributed by atoms with Gasteiger partial charge >= 0.3 is 0 Å². The van der Waals surface area contributed by atoms with Crippen LogP contribution in [0.2, 0.25) is 0 Å². The van der Waals surface area contributed by atoms with Crippen LogP contribution in [-0.4, -0.2) is 52.9 Å². The van der Waals surface area contributed by atoms with Crippen molar-refractivity contribution in [3.05, 3.63) is 42.1 Å². The zero-order valence-corrected chi connectivity index (χ0v) is 14.0. The van der Waals surface area contributed by atoms with Gasteiger partial charge in [-0.25, -0.2) is 4.98 Å². The van der Waals surface area contributed by atoms with Gasteiger partial charge in [-0.05, 0) is 12.1 Å². The van der Waals surface area contributed by atoms with Crippen molar-refractivity contribution in [2.75, 3.05) is 42.1 Å². The van der Waals surface area contributed by atoms with E-state index in [1.165, 1.54) is 6.20 Å². The first kappa shape index (κ1) is 16.7. The van der Waals surface area contributed by atoms with Crippen LogP contribution in [0.15, 0.2) is 36.5 Å². The van der Waals surface area contributed by atoms with Crippen LogP contribution in [0.25, 0.3) is 0 Å². The Labute approximate surface area is 145 Å². The molecule has 0 saturated carbocycles. The molecule has 1 aliphatic heterocycles. The molecule has 2 heterocycles. The highest BCUT2D eigenvalue weighted by molar-refractivity contribution is 6.07. The topological polar surface area (TPSA) is 104 Å². The molecule has 130 valence electrons. The molecule has 0 atom stereocenters. The van der Waals surface area contributed by atoms with Crippen LogP contribution in [-0.2, 0) is 4.79 Å². The van der Waals surface area contributed by atoms with Crippen molar-refractivity contribution in [3.8, 4) is 0 Å². The Kier molecular flexibility index (Phi) is 4.78. The predicted molar refractivity (Wildman–Crippen MR) is 95.3 cm³/mol. The third kappa shape index (κ3) is 3.85. The highest BCUT2D eigenvalue weighted by Crippen LogP contribution is 2.17. The Bertz CT molecular complexity index is 772. The Hall–Kier alpha value is -3.16. The maximum atomic E-state index is 12.3. The summed E-state index contributed by atoms with van der Waals surface area (Å²) in [5.74, 6) is 0.314. The second-order valence-electron chi connectivity index (χ2n) is 5.78. The van der Waals surface area contributed by atoms with Gasteiger partial charge in [0.25, 0.3) is 5.91 Å². The third-order valence-electron chi connectivity index (χ3n) is 4.09. The summed E-state index contributed by atoms with van der Waals surface area (Å²) in [6.07, 6.45) is 1.44. The van der Waals surface area contributed by atoms with Gasteiger partial charge in [0.15, 0.2) is 0 Å². The molecule has 1 aromatic carbocycles. The van der Waals surface area contributed by atoms with Gasteiger partial charge in [-0.1, -0.05) is 18.2 Å². The minimum absolute atomic E-state index is 0.0630. The van der Waals surface area contributed by atoms with Gasteiger partial charge in [-0.3, -0.25) is 9.59 Å². The third-order valence-corrected chi connectivity index (χ3v) is 4.09. The number of rotatable bonds is 3. The van der Waals surface area contributed by atoms with Gasteiger partial charge in [-0.2, -0.15) is 4.98 Å². The second-order valence-corrected chi connectivity index (χ2v) is 5.78. The molecule has 0 bridgehead atoms. The van der Waals surface area contributed by atoms with Gasteiger partial charge in [0.2, 0.25) is 11.9 Å². The summed E-state index contributed by atoms with van der Waals surface area (Å²) in [6.45, 7) is 4.07. The number of piperazine rings is 1. The van der Waals surface area contributed by atoms with Crippen LogP contribution >= 0.6 is 0 Å². The lowest BCUT2D eigenvalue weighted by molar-refractivity contribution is -0.129. The van der Waals surface area contributed by atoms with E-state index in [0.717, 1.165) is 0 Å². The van der Waals surface area contributed by atoms with Crippen molar-refractivity contribution >= 4 is 29.3 Å². The van der Waals surface area contributed by atoms with Crippen molar-refractivity contribution in [2.45, 2.75) is 6.92 Å². The molecule has 1 fully saturated rings. The average molecular weight is 340 g/mol. The maximum Gasteiger partial charge on any atom is 0.260 e. The fraction of sp³-hybridized carbons (Fsp3) is 0.294. The van der Waals surface area contributed by atoms with Crippen molar-refractivity contribution in [2.24, 2.45) is 0 Å². The summed E-state index contributed by atoms with van der Waals surface area (Å²) in [6, 6.07) is 9.11. The number of benzene rings is 1. The van der Waals surface area contributed by atoms with Gasteiger partial charge in [-0.15, -0.1) is 0 Å². The molecule has 0 spiro atoms. The Morgan fingerprint density at radius 2 is 1.80 bits per heavy atom. The lowest BCUT2D eigenvalue weighted by atomic mass is 10.2. The molecule has 0 radical (unpaired) electrons. The van der Waals surface area contributed by atoms with Gasteiger partial charge in [0.05, 0.1) is 0 Å². The molecule has 0 unspecified atom stereocenters. The smallest absolute Gasteiger partial charge is 0.260 e. The molecule has 2 aromatic rings. The number of hydrogen-bond donors (Lipinski definition) is 2. The van der Waals surface area contributed by atoms with Crippen molar-refractivity contribution in [1.82, 2.24) is 14.9 Å². The van der Waals surface area contributed by atoms with Gasteiger partial charge in [0.1, 0.15) is 11.4 Å². The molecule has 25 heavy (non-hydrogen) atoms. The number of para-hydroxylation sites is 1. The number of aromatic nitrogens is 2. The fourth-order valence-electron chi connectivity index (χ4n) is 2.65. The molecule has 8 nitrogen and oxygen atoms in total. The van der Waals surface area contributed by atoms with E-state index in [-0.39, 0.29) is 23.2 Å². The first-order valence-corrected chi connectivity index (χ1v) is 8.04. The summed E-state index contributed by atoms with van der Waals surface area (Å²) >= 11 is 0. The quantitative estimate of drug-likeness (QED) is 0.863. The molecular formula is C17H20N6O2. The minimum atomic E-state index is -0.350. The Balaban J connectivity index is 1.69. The standard InChI is InChI=1S/C17H20N6O2/c1-12(24)22-7-9-23(10-8-22)17-19-11-14(15(18)21-17)16(25)20-13-5-3-2-4-6-13/h2-6,11H,7-10H2,1H3,(H,20,25)(H2,18,19,21). The normalized spacial score (nSPS) is 14.3. The monoisotopic (exact) mass is 340 g/mol. The predicted octanol–water partition coefficient (Wildman–Crippen LogP) is 0.980. The van der Waals surface area contributed by atoms with Crippen LogP contribution in [0.4, 0.5) is 17.5 Å². The zero-order chi connectivity index (χ0) is 17.8. The van der Waals surface area contributed by atoms with E-state index >= 15 is 0 Å². The summed E-state index contributed by atoms with van der Waals surface area (Å²) in [5, 5.41) is 2.76. The van der Waals surface area contributed by atoms with E-state index < -0.39 is 0 Å². The lowest BCUT2D eigenvalue weighted by Gasteiger charge is -2.34. The van der Waals surface area contributed by atoms with Crippen LogP contribution < -0.4 is 16.0 Å². The number of carbonyl (C=O) groups excluding carboxylic acids is 2. The number of nitrogens with zero attached hydrogens (tertiary/aromatic N) is 4. The highest BCUT2D eigenvalue weighted by atomic mass is 16.2. The number of nitrogens with two attached hydrogens (primary N) is 1. The number of anilines is 3. The van der Waals surface area contributed by atoms with Crippen molar-refractivity contribution in [3.63, 3.8) is 0 Å². The van der Waals surface area contributed by atoms with Gasteiger partial charge in [0, 0.05) is 45.0 Å². The van der Waals surface area contributed by atoms with Crippen LogP contribution in [0.3, 0.4) is 0 Å². The average Bonchev–Trinajstić information content (AvgIpc) is 2.62. The highest BCUT2D eigenvalue weighted by Gasteiger charge is 2.22. The number of hydrogen-bond acceptors (Lipinski definition) is 6. The summed E-state index contributed by atoms with van der Waals surface area (Å²) in [7, 11) is 0. The zero-order valence-electron chi connectivity index (χ0n) is 14.0. The SMILES string of the molecule is CC(=O)N1CCN(c2ncc(C(=O)Nc3ccccc3)c(N)n2)CC1. The molecule has 1 aromatic heterocycles. The largest absolute Gasteiger partial charge is 0.383 e. The number of carbonyl (C=O) groups is 2. The number of nitrogen functional groups attached to an aromatic ring is 1. The maximum absolute atomic E-state index is 12.3. The molecular weight excluding hydrogens is 320 g/mol. The van der Waals surface area contributed by atoms with E-state index in [0.29, 0.717) is 37.8 Å². The molecule has 8 heteroatoms. The van der Waals surface area contributed by atoms with E-state index in [1.54, 1.807) is 24.0 Å². The molecule has 1 aliphatic rings. The van der Waals surface area contributed by atoms with Gasteiger partial charge < -0.3 is 20.9 Å². The molecule has 2 amide bonds. The summed E-state index contributed by atoms with van der Waals surface area (Å²) in [4.78, 5) is 35.9. The number of amides is 2. The second kappa shape index (κ2) is 7.16. The van der Waals surface area contributed by atoms with Crippen molar-refractivity contribution in [1.29, 1.82) is 0 Å². The van der Waals surface area contributed by atoms with E-state index in [1.807, 2.05) is 23.1 Å².